The number of nitriles is 1. The molecular weight excluding hydrogens is 258 g/mol. The molecule has 6 heteroatoms. The Hall–Kier alpha value is -2.13. The van der Waals surface area contributed by atoms with Crippen LogP contribution in [0.1, 0.15) is 29.5 Å². The van der Waals surface area contributed by atoms with Gasteiger partial charge in [0.05, 0.1) is 18.9 Å². The first-order valence-corrected chi connectivity index (χ1v) is 6.51. The molecule has 1 aliphatic heterocycles. The molecule has 0 aromatic carbocycles. The molecule has 0 radical (unpaired) electrons. The third-order valence-corrected chi connectivity index (χ3v) is 3.17. The second-order valence-corrected chi connectivity index (χ2v) is 4.65. The normalized spacial score (nSPS) is 19.1. The van der Waals surface area contributed by atoms with E-state index in [0.29, 0.717) is 13.2 Å². The standard InChI is InChI=1S/C14H17N3O3/c1-10-9-17(6-3-7-20-10)13-5-4-11(14(18)19-2)16-12(13)8-15/h4-5,10H,3,6-7,9H2,1-2H3/t10-/m0/s1. The Morgan fingerprint density at radius 1 is 1.60 bits per heavy atom. The van der Waals surface area contributed by atoms with E-state index in [1.54, 1.807) is 12.1 Å². The topological polar surface area (TPSA) is 75.4 Å². The van der Waals surface area contributed by atoms with Gasteiger partial charge >= 0.3 is 5.97 Å². The lowest BCUT2D eigenvalue weighted by atomic mass is 10.2. The summed E-state index contributed by atoms with van der Waals surface area (Å²) < 4.78 is 10.2. The molecule has 0 unspecified atom stereocenters. The van der Waals surface area contributed by atoms with Crippen LogP contribution in [0.15, 0.2) is 12.1 Å². The summed E-state index contributed by atoms with van der Waals surface area (Å²) in [7, 11) is 1.29. The van der Waals surface area contributed by atoms with Crippen molar-refractivity contribution in [3.05, 3.63) is 23.5 Å². The van der Waals surface area contributed by atoms with Crippen molar-refractivity contribution >= 4 is 11.7 Å². The van der Waals surface area contributed by atoms with Crippen LogP contribution >= 0.6 is 0 Å². The summed E-state index contributed by atoms with van der Waals surface area (Å²) in [5, 5.41) is 9.24. The summed E-state index contributed by atoms with van der Waals surface area (Å²) >= 11 is 0. The first-order valence-electron chi connectivity index (χ1n) is 6.51. The zero-order chi connectivity index (χ0) is 14.5. The predicted molar refractivity (Wildman–Crippen MR) is 72.5 cm³/mol. The van der Waals surface area contributed by atoms with Crippen LogP contribution in [0.3, 0.4) is 0 Å². The van der Waals surface area contributed by atoms with Gasteiger partial charge in [-0.3, -0.25) is 0 Å². The van der Waals surface area contributed by atoms with Crippen LogP contribution in [0.2, 0.25) is 0 Å². The molecule has 1 aromatic rings. The van der Waals surface area contributed by atoms with E-state index >= 15 is 0 Å². The van der Waals surface area contributed by atoms with Crippen LogP contribution in [-0.4, -0.2) is 43.9 Å². The van der Waals surface area contributed by atoms with Gasteiger partial charge in [-0.1, -0.05) is 0 Å². The summed E-state index contributed by atoms with van der Waals surface area (Å²) in [6.45, 7) is 4.22. The van der Waals surface area contributed by atoms with E-state index < -0.39 is 5.97 Å². The quantitative estimate of drug-likeness (QED) is 0.758. The number of ether oxygens (including phenoxy) is 2. The molecule has 106 valence electrons. The number of carbonyl (C=O) groups excluding carboxylic acids is 1. The Morgan fingerprint density at radius 2 is 2.40 bits per heavy atom. The highest BCUT2D eigenvalue weighted by Crippen LogP contribution is 2.21. The first kappa shape index (κ1) is 14.3. The second-order valence-electron chi connectivity index (χ2n) is 4.65. The average molecular weight is 275 g/mol. The second kappa shape index (κ2) is 6.35. The maximum atomic E-state index is 11.4. The minimum absolute atomic E-state index is 0.101. The molecule has 2 heterocycles. The minimum atomic E-state index is -0.541. The number of nitrogens with zero attached hydrogens (tertiary/aromatic N) is 3. The molecule has 0 aliphatic carbocycles. The Morgan fingerprint density at radius 3 is 3.10 bits per heavy atom. The highest BCUT2D eigenvalue weighted by Gasteiger charge is 2.20. The van der Waals surface area contributed by atoms with Gasteiger partial charge in [0, 0.05) is 19.7 Å². The van der Waals surface area contributed by atoms with Crippen molar-refractivity contribution in [3.8, 4) is 6.07 Å². The van der Waals surface area contributed by atoms with E-state index in [2.05, 4.69) is 14.6 Å². The van der Waals surface area contributed by atoms with Gasteiger partial charge in [0.2, 0.25) is 0 Å². The zero-order valence-corrected chi connectivity index (χ0v) is 11.6. The monoisotopic (exact) mass is 275 g/mol. The Balaban J connectivity index is 2.31. The Labute approximate surface area is 117 Å². The van der Waals surface area contributed by atoms with E-state index in [0.717, 1.165) is 18.7 Å². The summed E-state index contributed by atoms with van der Waals surface area (Å²) in [5.74, 6) is -0.541. The van der Waals surface area contributed by atoms with Gasteiger partial charge in [-0.2, -0.15) is 5.26 Å². The number of hydrogen-bond donors (Lipinski definition) is 0. The van der Waals surface area contributed by atoms with Gasteiger partial charge in [-0.05, 0) is 25.5 Å². The van der Waals surface area contributed by atoms with E-state index in [9.17, 15) is 10.1 Å². The molecule has 1 atom stereocenters. The van der Waals surface area contributed by atoms with Crippen LogP contribution in [0.4, 0.5) is 5.69 Å². The molecule has 0 bridgehead atoms. The largest absolute Gasteiger partial charge is 0.464 e. The van der Waals surface area contributed by atoms with E-state index in [1.165, 1.54) is 7.11 Å². The molecule has 1 aromatic heterocycles. The molecule has 0 N–H and O–H groups in total. The van der Waals surface area contributed by atoms with Crippen LogP contribution in [0.25, 0.3) is 0 Å². The minimum Gasteiger partial charge on any atom is -0.464 e. The lowest BCUT2D eigenvalue weighted by Gasteiger charge is -2.24. The van der Waals surface area contributed by atoms with Crippen LogP contribution in [0.5, 0.6) is 0 Å². The van der Waals surface area contributed by atoms with Crippen LogP contribution < -0.4 is 4.90 Å². The van der Waals surface area contributed by atoms with Crippen molar-refractivity contribution in [2.24, 2.45) is 0 Å². The highest BCUT2D eigenvalue weighted by molar-refractivity contribution is 5.87. The van der Waals surface area contributed by atoms with Gasteiger partial charge in [-0.25, -0.2) is 9.78 Å². The van der Waals surface area contributed by atoms with Crippen molar-refractivity contribution in [2.75, 3.05) is 31.7 Å². The molecule has 1 aliphatic rings. The van der Waals surface area contributed by atoms with Gasteiger partial charge < -0.3 is 14.4 Å². The number of aromatic nitrogens is 1. The fraction of sp³-hybridized carbons (Fsp3) is 0.500. The zero-order valence-electron chi connectivity index (χ0n) is 11.6. The van der Waals surface area contributed by atoms with Crippen LogP contribution in [-0.2, 0) is 9.47 Å². The number of methoxy groups -OCH3 is 1. The highest BCUT2D eigenvalue weighted by atomic mass is 16.5. The predicted octanol–water partition coefficient (Wildman–Crippen LogP) is 1.36. The van der Waals surface area contributed by atoms with Crippen molar-refractivity contribution < 1.29 is 14.3 Å². The summed E-state index contributed by atoms with van der Waals surface area (Å²) in [5.41, 5.74) is 1.12. The Kier molecular flexibility index (Phi) is 4.53. The molecule has 20 heavy (non-hydrogen) atoms. The number of carbonyl (C=O) groups is 1. The third kappa shape index (κ3) is 3.06. The Bertz CT molecular complexity index is 539. The van der Waals surface area contributed by atoms with Gasteiger partial charge in [0.15, 0.2) is 5.69 Å². The fourth-order valence-corrected chi connectivity index (χ4v) is 2.22. The van der Waals surface area contributed by atoms with Gasteiger partial charge in [-0.15, -0.1) is 0 Å². The molecule has 2 rings (SSSR count). The lowest BCUT2D eigenvalue weighted by Crippen LogP contribution is -2.31. The van der Waals surface area contributed by atoms with Crippen molar-refractivity contribution in [2.45, 2.75) is 19.4 Å². The molecule has 1 saturated heterocycles. The average Bonchev–Trinajstić information content (AvgIpc) is 2.70. The maximum Gasteiger partial charge on any atom is 0.356 e. The van der Waals surface area contributed by atoms with Crippen LogP contribution in [0, 0.1) is 11.3 Å². The molecule has 1 fully saturated rings. The molecule has 0 saturated carbocycles. The molecule has 0 amide bonds. The molecule has 0 spiro atoms. The van der Waals surface area contributed by atoms with E-state index in [1.807, 2.05) is 13.0 Å². The lowest BCUT2D eigenvalue weighted by molar-refractivity contribution is 0.0594. The van der Waals surface area contributed by atoms with Crippen molar-refractivity contribution in [1.29, 1.82) is 5.26 Å². The summed E-state index contributed by atoms with van der Waals surface area (Å²) in [6.07, 6.45) is 0.998. The number of hydrogen-bond acceptors (Lipinski definition) is 6. The molecule has 6 nitrogen and oxygen atoms in total. The number of esters is 1. The first-order chi connectivity index (χ1) is 9.65. The maximum absolute atomic E-state index is 11.4. The van der Waals surface area contributed by atoms with Gasteiger partial charge in [0.25, 0.3) is 0 Å². The fourth-order valence-electron chi connectivity index (χ4n) is 2.22. The van der Waals surface area contributed by atoms with Crippen molar-refractivity contribution in [3.63, 3.8) is 0 Å². The van der Waals surface area contributed by atoms with Gasteiger partial charge in [0.1, 0.15) is 11.8 Å². The van der Waals surface area contributed by atoms with Crippen molar-refractivity contribution in [1.82, 2.24) is 4.98 Å². The summed E-state index contributed by atoms with van der Waals surface area (Å²) in [4.78, 5) is 17.6. The summed E-state index contributed by atoms with van der Waals surface area (Å²) in [6, 6.07) is 5.37. The van der Waals surface area contributed by atoms with E-state index in [-0.39, 0.29) is 17.5 Å². The number of pyridine rings is 1. The van der Waals surface area contributed by atoms with E-state index in [4.69, 9.17) is 4.74 Å². The SMILES string of the molecule is COC(=O)c1ccc(N2CCCO[C@@H](C)C2)c(C#N)n1. The molecular formula is C14H17N3O3. The third-order valence-electron chi connectivity index (χ3n) is 3.17. The smallest absolute Gasteiger partial charge is 0.356 e. The number of anilines is 1. The number of rotatable bonds is 2.